The maximum absolute atomic E-state index is 5.99. The van der Waals surface area contributed by atoms with Gasteiger partial charge in [0.25, 0.3) is 0 Å². The van der Waals surface area contributed by atoms with E-state index >= 15 is 0 Å². The summed E-state index contributed by atoms with van der Waals surface area (Å²) in [6, 6.07) is 8.11. The van der Waals surface area contributed by atoms with Crippen LogP contribution in [0.2, 0.25) is 0 Å². The fourth-order valence-electron chi connectivity index (χ4n) is 2.38. The molecule has 1 unspecified atom stereocenters. The van der Waals surface area contributed by atoms with Gasteiger partial charge in [-0.1, -0.05) is 0 Å². The second-order valence-electron chi connectivity index (χ2n) is 4.87. The molecular formula is C14H17N5. The fourth-order valence-corrected chi connectivity index (χ4v) is 2.38. The van der Waals surface area contributed by atoms with Gasteiger partial charge in [0.1, 0.15) is 0 Å². The topological polar surface area (TPSA) is 67.9 Å². The van der Waals surface area contributed by atoms with Gasteiger partial charge >= 0.3 is 0 Å². The van der Waals surface area contributed by atoms with Gasteiger partial charge in [-0.2, -0.15) is 0 Å². The van der Waals surface area contributed by atoms with Crippen LogP contribution < -0.4 is 10.6 Å². The number of aromatic nitrogens is 3. The van der Waals surface area contributed by atoms with E-state index < -0.39 is 0 Å². The largest absolute Gasteiger partial charge is 0.354 e. The van der Waals surface area contributed by atoms with Crippen molar-refractivity contribution in [2.45, 2.75) is 18.9 Å². The highest BCUT2D eigenvalue weighted by Gasteiger charge is 2.18. The molecule has 0 aliphatic carbocycles. The number of nitrogens with zero attached hydrogens (tertiary/aromatic N) is 4. The van der Waals surface area contributed by atoms with E-state index in [1.54, 1.807) is 12.4 Å². The number of anilines is 1. The first-order valence-corrected chi connectivity index (χ1v) is 6.57. The van der Waals surface area contributed by atoms with E-state index in [1.165, 1.54) is 0 Å². The summed E-state index contributed by atoms with van der Waals surface area (Å²) in [5.74, 6) is 0.905. The van der Waals surface area contributed by atoms with E-state index in [9.17, 15) is 0 Å². The van der Waals surface area contributed by atoms with Crippen LogP contribution in [0.3, 0.4) is 0 Å². The van der Waals surface area contributed by atoms with Crippen LogP contribution in [0.4, 0.5) is 5.82 Å². The van der Waals surface area contributed by atoms with Gasteiger partial charge in [0.05, 0.1) is 5.69 Å². The van der Waals surface area contributed by atoms with Crippen molar-refractivity contribution in [3.8, 4) is 11.3 Å². The molecule has 5 nitrogen and oxygen atoms in total. The average molecular weight is 255 g/mol. The second-order valence-corrected chi connectivity index (χ2v) is 4.87. The summed E-state index contributed by atoms with van der Waals surface area (Å²) in [5.41, 5.74) is 7.81. The van der Waals surface area contributed by atoms with Crippen LogP contribution in [0.15, 0.2) is 36.7 Å². The van der Waals surface area contributed by atoms with Gasteiger partial charge in [0.2, 0.25) is 0 Å². The third kappa shape index (κ3) is 2.71. The fraction of sp³-hybridized carbons (Fsp3) is 0.357. The van der Waals surface area contributed by atoms with Gasteiger partial charge in [-0.05, 0) is 37.1 Å². The molecule has 0 amide bonds. The van der Waals surface area contributed by atoms with Crippen molar-refractivity contribution in [2.75, 3.05) is 18.0 Å². The predicted octanol–water partition coefficient (Wildman–Crippen LogP) is 1.47. The Morgan fingerprint density at radius 1 is 1.21 bits per heavy atom. The van der Waals surface area contributed by atoms with E-state index in [-0.39, 0.29) is 6.04 Å². The zero-order chi connectivity index (χ0) is 13.1. The highest BCUT2D eigenvalue weighted by atomic mass is 15.3. The summed E-state index contributed by atoms with van der Waals surface area (Å²) in [4.78, 5) is 6.29. The lowest BCUT2D eigenvalue weighted by atomic mass is 10.1. The van der Waals surface area contributed by atoms with E-state index in [0.29, 0.717) is 0 Å². The third-order valence-electron chi connectivity index (χ3n) is 3.39. The van der Waals surface area contributed by atoms with Crippen molar-refractivity contribution in [3.63, 3.8) is 0 Å². The van der Waals surface area contributed by atoms with Crippen LogP contribution in [0.5, 0.6) is 0 Å². The van der Waals surface area contributed by atoms with Crippen LogP contribution in [0.1, 0.15) is 12.8 Å². The highest BCUT2D eigenvalue weighted by molar-refractivity contribution is 5.58. The molecule has 2 N–H and O–H groups in total. The maximum atomic E-state index is 5.99. The first-order valence-electron chi connectivity index (χ1n) is 6.57. The SMILES string of the molecule is NC1CCCN(c2ccc(-c3cccnc3)nn2)C1. The predicted molar refractivity (Wildman–Crippen MR) is 74.7 cm³/mol. The van der Waals surface area contributed by atoms with E-state index in [2.05, 4.69) is 20.1 Å². The molecule has 1 atom stereocenters. The zero-order valence-electron chi connectivity index (χ0n) is 10.7. The second kappa shape index (κ2) is 5.32. The minimum absolute atomic E-state index is 0.244. The quantitative estimate of drug-likeness (QED) is 0.880. The lowest BCUT2D eigenvalue weighted by Crippen LogP contribution is -2.43. The molecule has 2 aromatic rings. The summed E-state index contributed by atoms with van der Waals surface area (Å²) >= 11 is 0. The summed E-state index contributed by atoms with van der Waals surface area (Å²) in [7, 11) is 0. The Morgan fingerprint density at radius 3 is 2.84 bits per heavy atom. The van der Waals surface area contributed by atoms with Crippen molar-refractivity contribution < 1.29 is 0 Å². The van der Waals surface area contributed by atoms with Crippen molar-refractivity contribution in [1.82, 2.24) is 15.2 Å². The molecule has 19 heavy (non-hydrogen) atoms. The first kappa shape index (κ1) is 12.0. The molecule has 0 aromatic carbocycles. The van der Waals surface area contributed by atoms with E-state index in [4.69, 9.17) is 5.73 Å². The highest BCUT2D eigenvalue weighted by Crippen LogP contribution is 2.19. The van der Waals surface area contributed by atoms with Gasteiger partial charge in [-0.3, -0.25) is 4.98 Å². The third-order valence-corrected chi connectivity index (χ3v) is 3.39. The van der Waals surface area contributed by atoms with Crippen LogP contribution in [0, 0.1) is 0 Å². The molecule has 5 heteroatoms. The molecule has 1 saturated heterocycles. The lowest BCUT2D eigenvalue weighted by Gasteiger charge is -2.31. The summed E-state index contributed by atoms with van der Waals surface area (Å²) < 4.78 is 0. The number of pyridine rings is 1. The molecule has 98 valence electrons. The Morgan fingerprint density at radius 2 is 2.16 bits per heavy atom. The number of piperidine rings is 1. The number of hydrogen-bond acceptors (Lipinski definition) is 5. The molecule has 0 bridgehead atoms. The molecule has 1 fully saturated rings. The number of nitrogens with two attached hydrogens (primary N) is 1. The Kier molecular flexibility index (Phi) is 3.37. The smallest absolute Gasteiger partial charge is 0.151 e. The molecule has 0 radical (unpaired) electrons. The Balaban J connectivity index is 1.79. The van der Waals surface area contributed by atoms with Crippen molar-refractivity contribution in [2.24, 2.45) is 5.73 Å². The van der Waals surface area contributed by atoms with Gasteiger partial charge in [-0.25, -0.2) is 0 Å². The Labute approximate surface area is 112 Å². The number of hydrogen-bond donors (Lipinski definition) is 1. The van der Waals surface area contributed by atoms with Gasteiger partial charge in [-0.15, -0.1) is 10.2 Å². The van der Waals surface area contributed by atoms with Crippen molar-refractivity contribution >= 4 is 5.82 Å². The molecule has 0 saturated carbocycles. The van der Waals surface area contributed by atoms with Gasteiger partial charge in [0, 0.05) is 37.1 Å². The summed E-state index contributed by atoms with van der Waals surface area (Å²) in [6.07, 6.45) is 5.76. The Bertz CT molecular complexity index is 525. The lowest BCUT2D eigenvalue weighted by molar-refractivity contribution is 0.502. The molecule has 2 aromatic heterocycles. The van der Waals surface area contributed by atoms with E-state index in [0.717, 1.165) is 43.0 Å². The standard InChI is InChI=1S/C14H17N5/c15-12-4-2-8-19(10-12)14-6-5-13(17-18-14)11-3-1-7-16-9-11/h1,3,5-7,9,12H,2,4,8,10,15H2. The molecule has 3 heterocycles. The number of rotatable bonds is 2. The van der Waals surface area contributed by atoms with E-state index in [1.807, 2.05) is 24.3 Å². The minimum Gasteiger partial charge on any atom is -0.354 e. The van der Waals surface area contributed by atoms with Crippen molar-refractivity contribution in [1.29, 1.82) is 0 Å². The molecule has 0 spiro atoms. The van der Waals surface area contributed by atoms with Crippen LogP contribution in [-0.2, 0) is 0 Å². The Hall–Kier alpha value is -2.01. The van der Waals surface area contributed by atoms with Crippen LogP contribution >= 0.6 is 0 Å². The van der Waals surface area contributed by atoms with Crippen molar-refractivity contribution in [3.05, 3.63) is 36.7 Å². The molecular weight excluding hydrogens is 238 g/mol. The molecule has 1 aliphatic rings. The monoisotopic (exact) mass is 255 g/mol. The normalized spacial score (nSPS) is 19.4. The van der Waals surface area contributed by atoms with Crippen LogP contribution in [-0.4, -0.2) is 34.3 Å². The van der Waals surface area contributed by atoms with Gasteiger partial charge < -0.3 is 10.6 Å². The first-order chi connectivity index (χ1) is 9.33. The molecule has 1 aliphatic heterocycles. The summed E-state index contributed by atoms with van der Waals surface area (Å²) in [6.45, 7) is 1.87. The van der Waals surface area contributed by atoms with Crippen LogP contribution in [0.25, 0.3) is 11.3 Å². The molecule has 3 rings (SSSR count). The minimum atomic E-state index is 0.244. The zero-order valence-corrected chi connectivity index (χ0v) is 10.7. The average Bonchev–Trinajstić information content (AvgIpc) is 2.48. The van der Waals surface area contributed by atoms with Gasteiger partial charge in [0.15, 0.2) is 5.82 Å². The maximum Gasteiger partial charge on any atom is 0.151 e. The summed E-state index contributed by atoms with van der Waals surface area (Å²) in [5, 5.41) is 8.58.